The van der Waals surface area contributed by atoms with Crippen molar-refractivity contribution in [1.29, 1.82) is 0 Å². The van der Waals surface area contributed by atoms with Crippen molar-refractivity contribution in [2.24, 2.45) is 0 Å². The van der Waals surface area contributed by atoms with E-state index in [1.54, 1.807) is 6.07 Å². The van der Waals surface area contributed by atoms with Crippen molar-refractivity contribution < 1.29 is 37.3 Å². The van der Waals surface area contributed by atoms with E-state index >= 15 is 0 Å². The Bertz CT molecular complexity index is 957. The standard InChI is InChI=1S/C21H23F2NO7/c1-28-18(26)11-16(13-3-2-4-14(9-13)31-21(22)23)20-19(27)17(25)10-15(30-20)12-24-5-7-29-8-6-24/h2-4,9-10,16,21,27H,5-8,11-12H2,1H3/t16-/m1/s1. The van der Waals surface area contributed by atoms with Crippen LogP contribution >= 0.6 is 0 Å². The molecule has 0 saturated carbocycles. The van der Waals surface area contributed by atoms with Crippen LogP contribution in [-0.4, -0.2) is 56.0 Å². The molecule has 0 amide bonds. The molecule has 2 heterocycles. The fourth-order valence-electron chi connectivity index (χ4n) is 3.37. The van der Waals surface area contributed by atoms with Crippen LogP contribution in [0.3, 0.4) is 0 Å². The van der Waals surface area contributed by atoms with E-state index in [-0.39, 0.29) is 17.9 Å². The van der Waals surface area contributed by atoms with E-state index in [9.17, 15) is 23.5 Å². The molecule has 0 aliphatic carbocycles. The first-order valence-electron chi connectivity index (χ1n) is 9.65. The van der Waals surface area contributed by atoms with Gasteiger partial charge in [-0.25, -0.2) is 0 Å². The Balaban J connectivity index is 2.00. The van der Waals surface area contributed by atoms with Gasteiger partial charge in [-0.15, -0.1) is 0 Å². The smallest absolute Gasteiger partial charge is 0.387 e. The van der Waals surface area contributed by atoms with E-state index in [0.29, 0.717) is 44.2 Å². The van der Waals surface area contributed by atoms with E-state index in [2.05, 4.69) is 4.74 Å². The van der Waals surface area contributed by atoms with E-state index < -0.39 is 29.7 Å². The zero-order chi connectivity index (χ0) is 22.4. The minimum Gasteiger partial charge on any atom is -0.502 e. The van der Waals surface area contributed by atoms with Gasteiger partial charge >= 0.3 is 12.6 Å². The Kier molecular flexibility index (Phi) is 7.59. The maximum Gasteiger partial charge on any atom is 0.387 e. The van der Waals surface area contributed by atoms with E-state index in [1.165, 1.54) is 31.4 Å². The molecule has 168 valence electrons. The largest absolute Gasteiger partial charge is 0.502 e. The molecule has 3 rings (SSSR count). The second-order valence-electron chi connectivity index (χ2n) is 6.96. The topological polar surface area (TPSA) is 98.4 Å². The van der Waals surface area contributed by atoms with Gasteiger partial charge in [0.15, 0.2) is 5.76 Å². The lowest BCUT2D eigenvalue weighted by Gasteiger charge is -2.26. The predicted octanol–water partition coefficient (Wildman–Crippen LogP) is 2.47. The number of hydrogen-bond acceptors (Lipinski definition) is 8. The number of halogens is 2. The number of aromatic hydroxyl groups is 1. The van der Waals surface area contributed by atoms with E-state index in [0.717, 1.165) is 0 Å². The molecule has 1 saturated heterocycles. The first kappa shape index (κ1) is 22.7. The summed E-state index contributed by atoms with van der Waals surface area (Å²) >= 11 is 0. The SMILES string of the molecule is COC(=O)C[C@H](c1cccc(OC(F)F)c1)c1oc(CN2CCOCC2)cc(=O)c1O. The highest BCUT2D eigenvalue weighted by molar-refractivity contribution is 5.71. The maximum atomic E-state index is 12.6. The minimum absolute atomic E-state index is 0.131. The number of ether oxygens (including phenoxy) is 3. The van der Waals surface area contributed by atoms with Crippen molar-refractivity contribution in [1.82, 2.24) is 4.90 Å². The molecule has 1 atom stereocenters. The average molecular weight is 439 g/mol. The third kappa shape index (κ3) is 6.02. The number of nitrogens with zero attached hydrogens (tertiary/aromatic N) is 1. The zero-order valence-corrected chi connectivity index (χ0v) is 16.9. The average Bonchev–Trinajstić information content (AvgIpc) is 2.75. The highest BCUT2D eigenvalue weighted by atomic mass is 19.3. The van der Waals surface area contributed by atoms with Gasteiger partial charge in [0, 0.05) is 19.2 Å². The van der Waals surface area contributed by atoms with Crippen LogP contribution in [0.15, 0.2) is 39.5 Å². The molecule has 1 aromatic carbocycles. The number of hydrogen-bond donors (Lipinski definition) is 1. The van der Waals surface area contributed by atoms with Crippen LogP contribution in [0.5, 0.6) is 11.5 Å². The Morgan fingerprint density at radius 1 is 1.26 bits per heavy atom. The van der Waals surface area contributed by atoms with Crippen molar-refractivity contribution >= 4 is 5.97 Å². The third-order valence-corrected chi connectivity index (χ3v) is 4.88. The number of alkyl halides is 2. The first-order valence-corrected chi connectivity index (χ1v) is 9.65. The fourth-order valence-corrected chi connectivity index (χ4v) is 3.37. The summed E-state index contributed by atoms with van der Waals surface area (Å²) in [5, 5.41) is 10.4. The quantitative estimate of drug-likeness (QED) is 0.627. The second-order valence-corrected chi connectivity index (χ2v) is 6.96. The first-order chi connectivity index (χ1) is 14.9. The summed E-state index contributed by atoms with van der Waals surface area (Å²) in [7, 11) is 1.20. The summed E-state index contributed by atoms with van der Waals surface area (Å²) in [5.74, 6) is -2.21. The summed E-state index contributed by atoms with van der Waals surface area (Å²) in [6.07, 6.45) is -0.286. The normalized spacial score (nSPS) is 15.6. The Hall–Kier alpha value is -2.98. The van der Waals surface area contributed by atoms with Gasteiger partial charge in [0.05, 0.1) is 39.2 Å². The lowest BCUT2D eigenvalue weighted by Crippen LogP contribution is -2.35. The van der Waals surface area contributed by atoms with Gasteiger partial charge in [0.1, 0.15) is 11.5 Å². The summed E-state index contributed by atoms with van der Waals surface area (Å²) < 4.78 is 45.6. The Labute approximate surface area is 176 Å². The molecule has 10 heteroatoms. The van der Waals surface area contributed by atoms with E-state index in [4.69, 9.17) is 13.9 Å². The van der Waals surface area contributed by atoms with Crippen LogP contribution in [0, 0.1) is 0 Å². The lowest BCUT2D eigenvalue weighted by molar-refractivity contribution is -0.141. The zero-order valence-electron chi connectivity index (χ0n) is 16.9. The molecule has 1 fully saturated rings. The number of carbonyl (C=O) groups is 1. The van der Waals surface area contributed by atoms with Crippen molar-refractivity contribution in [3.05, 3.63) is 57.6 Å². The van der Waals surface area contributed by atoms with Gasteiger partial charge in [0.25, 0.3) is 0 Å². The highest BCUT2D eigenvalue weighted by Gasteiger charge is 2.27. The molecule has 0 bridgehead atoms. The van der Waals surface area contributed by atoms with Crippen LogP contribution in [0.2, 0.25) is 0 Å². The summed E-state index contributed by atoms with van der Waals surface area (Å²) in [4.78, 5) is 26.5. The van der Waals surface area contributed by atoms with Crippen molar-refractivity contribution in [2.45, 2.75) is 25.5 Å². The van der Waals surface area contributed by atoms with Gasteiger partial charge in [-0.2, -0.15) is 8.78 Å². The van der Waals surface area contributed by atoms with Gasteiger partial charge in [-0.05, 0) is 17.7 Å². The molecule has 2 aromatic rings. The second kappa shape index (κ2) is 10.4. The molecule has 0 spiro atoms. The molecule has 1 aliphatic heterocycles. The van der Waals surface area contributed by atoms with Crippen LogP contribution in [-0.2, 0) is 20.8 Å². The molecule has 1 aliphatic rings. The van der Waals surface area contributed by atoms with Crippen molar-refractivity contribution in [2.75, 3.05) is 33.4 Å². The van der Waals surface area contributed by atoms with Crippen molar-refractivity contribution in [3.8, 4) is 11.5 Å². The van der Waals surface area contributed by atoms with Crippen molar-refractivity contribution in [3.63, 3.8) is 0 Å². The number of methoxy groups -OCH3 is 1. The van der Waals surface area contributed by atoms with Gasteiger partial charge < -0.3 is 23.7 Å². The van der Waals surface area contributed by atoms with Crippen LogP contribution in [0.4, 0.5) is 8.78 Å². The third-order valence-electron chi connectivity index (χ3n) is 4.88. The van der Waals surface area contributed by atoms with E-state index in [1.807, 2.05) is 4.90 Å². The lowest BCUT2D eigenvalue weighted by atomic mass is 9.92. The maximum absolute atomic E-state index is 12.6. The number of carbonyl (C=O) groups excluding carboxylic acids is 1. The van der Waals surface area contributed by atoms with Crippen LogP contribution in [0.25, 0.3) is 0 Å². The summed E-state index contributed by atoms with van der Waals surface area (Å²) in [6, 6.07) is 6.84. The molecule has 31 heavy (non-hydrogen) atoms. The van der Waals surface area contributed by atoms with Crippen LogP contribution in [0.1, 0.15) is 29.4 Å². The number of morpholine rings is 1. The molecule has 8 nitrogen and oxygen atoms in total. The molecule has 0 unspecified atom stereocenters. The molecule has 1 N–H and O–H groups in total. The molecule has 0 radical (unpaired) electrons. The molecular weight excluding hydrogens is 416 g/mol. The minimum atomic E-state index is -3.03. The Morgan fingerprint density at radius 2 is 2.00 bits per heavy atom. The predicted molar refractivity (Wildman–Crippen MR) is 104 cm³/mol. The van der Waals surface area contributed by atoms with Crippen LogP contribution < -0.4 is 10.2 Å². The fraction of sp³-hybridized carbons (Fsp3) is 0.429. The number of rotatable bonds is 8. The summed E-state index contributed by atoms with van der Waals surface area (Å²) in [6.45, 7) is -0.311. The molecule has 1 aromatic heterocycles. The highest BCUT2D eigenvalue weighted by Crippen LogP contribution is 2.35. The Morgan fingerprint density at radius 3 is 2.68 bits per heavy atom. The number of esters is 1. The molecular formula is C21H23F2NO7. The number of benzene rings is 1. The summed E-state index contributed by atoms with van der Waals surface area (Å²) in [5.41, 5.74) is -0.329. The van der Waals surface area contributed by atoms with Gasteiger partial charge in [-0.3, -0.25) is 14.5 Å². The van der Waals surface area contributed by atoms with Gasteiger partial charge in [0.2, 0.25) is 11.2 Å². The van der Waals surface area contributed by atoms with Gasteiger partial charge in [-0.1, -0.05) is 12.1 Å². The monoisotopic (exact) mass is 439 g/mol.